The highest BCUT2D eigenvalue weighted by molar-refractivity contribution is 5.94. The van der Waals surface area contributed by atoms with Crippen molar-refractivity contribution in [1.29, 1.82) is 0 Å². The zero-order chi connectivity index (χ0) is 11.6. The summed E-state index contributed by atoms with van der Waals surface area (Å²) in [7, 11) is 0. The lowest BCUT2D eigenvalue weighted by atomic mass is 10.2. The SMILES string of the molecule is C=C[C@H]1CCC(=O)N1C(=O)OC(C)(C)C. The smallest absolute Gasteiger partial charge is 0.417 e. The number of carbonyl (C=O) groups is 2. The van der Waals surface area contributed by atoms with Crippen LogP contribution in [0.15, 0.2) is 12.7 Å². The van der Waals surface area contributed by atoms with Crippen LogP contribution in [0.1, 0.15) is 33.6 Å². The first-order chi connectivity index (χ1) is 6.85. The van der Waals surface area contributed by atoms with E-state index < -0.39 is 11.7 Å². The number of ether oxygens (including phenoxy) is 1. The number of hydrogen-bond acceptors (Lipinski definition) is 3. The van der Waals surface area contributed by atoms with Crippen molar-refractivity contribution in [2.45, 2.75) is 45.3 Å². The average Bonchev–Trinajstić information content (AvgIpc) is 2.43. The van der Waals surface area contributed by atoms with E-state index >= 15 is 0 Å². The van der Waals surface area contributed by atoms with Crippen molar-refractivity contribution < 1.29 is 14.3 Å². The van der Waals surface area contributed by atoms with Gasteiger partial charge in [0.15, 0.2) is 0 Å². The summed E-state index contributed by atoms with van der Waals surface area (Å²) in [6.45, 7) is 8.92. The summed E-state index contributed by atoms with van der Waals surface area (Å²) in [5, 5.41) is 0. The Hall–Kier alpha value is -1.32. The Balaban J connectivity index is 2.73. The third-order valence-corrected chi connectivity index (χ3v) is 2.12. The second kappa shape index (κ2) is 4.04. The summed E-state index contributed by atoms with van der Waals surface area (Å²) in [6.07, 6.45) is 2.06. The molecule has 0 N–H and O–H groups in total. The third-order valence-electron chi connectivity index (χ3n) is 2.12. The van der Waals surface area contributed by atoms with Gasteiger partial charge in [-0.05, 0) is 27.2 Å². The summed E-state index contributed by atoms with van der Waals surface area (Å²) < 4.78 is 5.14. The number of likely N-dealkylation sites (tertiary alicyclic amines) is 1. The van der Waals surface area contributed by atoms with E-state index in [9.17, 15) is 9.59 Å². The molecule has 0 radical (unpaired) electrons. The molecule has 0 unspecified atom stereocenters. The Labute approximate surface area is 89.9 Å². The standard InChI is InChI=1S/C11H17NO3/c1-5-8-6-7-9(13)12(8)10(14)15-11(2,3)4/h5,8H,1,6-7H2,2-4H3/t8-/m0/s1. The molecule has 0 aliphatic carbocycles. The number of nitrogens with zero attached hydrogens (tertiary/aromatic N) is 1. The molecule has 1 atom stereocenters. The molecule has 0 saturated carbocycles. The van der Waals surface area contributed by atoms with Gasteiger partial charge in [-0.2, -0.15) is 0 Å². The van der Waals surface area contributed by atoms with Gasteiger partial charge >= 0.3 is 6.09 Å². The van der Waals surface area contributed by atoms with E-state index in [1.807, 2.05) is 0 Å². The van der Waals surface area contributed by atoms with Crippen molar-refractivity contribution in [3.8, 4) is 0 Å². The molecule has 15 heavy (non-hydrogen) atoms. The summed E-state index contributed by atoms with van der Waals surface area (Å²) >= 11 is 0. The summed E-state index contributed by atoms with van der Waals surface area (Å²) in [5.41, 5.74) is -0.578. The Morgan fingerprint density at radius 1 is 1.60 bits per heavy atom. The van der Waals surface area contributed by atoms with Crippen molar-refractivity contribution in [3.63, 3.8) is 0 Å². The molecule has 0 aromatic carbocycles. The lowest BCUT2D eigenvalue weighted by Gasteiger charge is -2.25. The Morgan fingerprint density at radius 2 is 2.20 bits per heavy atom. The number of amides is 2. The van der Waals surface area contributed by atoms with Crippen molar-refractivity contribution in [2.24, 2.45) is 0 Å². The quantitative estimate of drug-likeness (QED) is 0.624. The molecular weight excluding hydrogens is 194 g/mol. The molecule has 0 bridgehead atoms. The van der Waals surface area contributed by atoms with Crippen LogP contribution < -0.4 is 0 Å². The largest absolute Gasteiger partial charge is 0.443 e. The van der Waals surface area contributed by atoms with E-state index in [1.54, 1.807) is 26.8 Å². The molecule has 1 aliphatic rings. The summed E-state index contributed by atoms with van der Waals surface area (Å²) in [4.78, 5) is 24.3. The molecule has 1 rings (SSSR count). The summed E-state index contributed by atoms with van der Waals surface area (Å²) in [6, 6.07) is -0.215. The topological polar surface area (TPSA) is 46.6 Å². The van der Waals surface area contributed by atoms with Gasteiger partial charge in [-0.3, -0.25) is 4.79 Å². The van der Waals surface area contributed by atoms with Gasteiger partial charge in [0, 0.05) is 6.42 Å². The Kier molecular flexibility index (Phi) is 3.17. The molecule has 1 aliphatic heterocycles. The van der Waals surface area contributed by atoms with Crippen LogP contribution in [0, 0.1) is 0 Å². The molecule has 4 nitrogen and oxygen atoms in total. The van der Waals surface area contributed by atoms with E-state index in [0.717, 1.165) is 4.90 Å². The zero-order valence-corrected chi connectivity index (χ0v) is 9.45. The van der Waals surface area contributed by atoms with E-state index in [0.29, 0.717) is 12.8 Å². The Morgan fingerprint density at radius 3 is 2.67 bits per heavy atom. The highest BCUT2D eigenvalue weighted by Crippen LogP contribution is 2.22. The fourth-order valence-corrected chi connectivity index (χ4v) is 1.48. The fourth-order valence-electron chi connectivity index (χ4n) is 1.48. The van der Waals surface area contributed by atoms with Crippen LogP contribution in [0.2, 0.25) is 0 Å². The molecule has 1 fully saturated rings. The zero-order valence-electron chi connectivity index (χ0n) is 9.45. The number of carbonyl (C=O) groups excluding carboxylic acids is 2. The maximum atomic E-state index is 11.7. The van der Waals surface area contributed by atoms with Gasteiger partial charge in [-0.25, -0.2) is 9.69 Å². The predicted molar refractivity (Wildman–Crippen MR) is 56.3 cm³/mol. The first-order valence-corrected chi connectivity index (χ1v) is 5.03. The van der Waals surface area contributed by atoms with Crippen LogP contribution in [0.3, 0.4) is 0 Å². The molecule has 84 valence electrons. The minimum absolute atomic E-state index is 0.186. The molecule has 1 saturated heterocycles. The minimum atomic E-state index is -0.578. The van der Waals surface area contributed by atoms with Gasteiger partial charge in [0.1, 0.15) is 5.60 Å². The number of imide groups is 1. The third kappa shape index (κ3) is 2.81. The lowest BCUT2D eigenvalue weighted by Crippen LogP contribution is -2.41. The van der Waals surface area contributed by atoms with Crippen LogP contribution in [0.25, 0.3) is 0 Å². The van der Waals surface area contributed by atoms with Gasteiger partial charge in [0.25, 0.3) is 0 Å². The van der Waals surface area contributed by atoms with Crippen molar-refractivity contribution in [3.05, 3.63) is 12.7 Å². The van der Waals surface area contributed by atoms with Crippen LogP contribution in [0.5, 0.6) is 0 Å². The van der Waals surface area contributed by atoms with Crippen LogP contribution in [-0.2, 0) is 9.53 Å². The van der Waals surface area contributed by atoms with Crippen molar-refractivity contribution in [2.75, 3.05) is 0 Å². The molecule has 4 heteroatoms. The molecule has 2 amide bonds. The monoisotopic (exact) mass is 211 g/mol. The van der Waals surface area contributed by atoms with Gasteiger partial charge in [-0.15, -0.1) is 6.58 Å². The van der Waals surface area contributed by atoms with Gasteiger partial charge in [0.2, 0.25) is 5.91 Å². The second-order valence-corrected chi connectivity index (χ2v) is 4.59. The van der Waals surface area contributed by atoms with Gasteiger partial charge < -0.3 is 4.74 Å². The molecule has 0 aromatic rings. The maximum Gasteiger partial charge on any atom is 0.417 e. The van der Waals surface area contributed by atoms with E-state index in [1.165, 1.54) is 0 Å². The minimum Gasteiger partial charge on any atom is -0.443 e. The van der Waals surface area contributed by atoms with E-state index in [2.05, 4.69) is 6.58 Å². The van der Waals surface area contributed by atoms with Crippen LogP contribution >= 0.6 is 0 Å². The maximum absolute atomic E-state index is 11.7. The van der Waals surface area contributed by atoms with E-state index in [-0.39, 0.29) is 11.9 Å². The first kappa shape index (κ1) is 11.8. The number of rotatable bonds is 1. The van der Waals surface area contributed by atoms with Crippen LogP contribution in [0.4, 0.5) is 4.79 Å². The molecule has 0 aromatic heterocycles. The van der Waals surface area contributed by atoms with E-state index in [4.69, 9.17) is 4.74 Å². The van der Waals surface area contributed by atoms with Gasteiger partial charge in [0.05, 0.1) is 6.04 Å². The van der Waals surface area contributed by atoms with Crippen LogP contribution in [-0.4, -0.2) is 28.5 Å². The molecule has 1 heterocycles. The Bertz CT molecular complexity index is 291. The average molecular weight is 211 g/mol. The number of hydrogen-bond donors (Lipinski definition) is 0. The normalized spacial score (nSPS) is 21.7. The van der Waals surface area contributed by atoms with Crippen molar-refractivity contribution >= 4 is 12.0 Å². The fraction of sp³-hybridized carbons (Fsp3) is 0.636. The van der Waals surface area contributed by atoms with Crippen molar-refractivity contribution in [1.82, 2.24) is 4.90 Å². The molecular formula is C11H17NO3. The highest BCUT2D eigenvalue weighted by Gasteiger charge is 2.36. The first-order valence-electron chi connectivity index (χ1n) is 5.03. The highest BCUT2D eigenvalue weighted by atomic mass is 16.6. The summed E-state index contributed by atoms with van der Waals surface area (Å²) in [5.74, 6) is -0.186. The second-order valence-electron chi connectivity index (χ2n) is 4.59. The van der Waals surface area contributed by atoms with Gasteiger partial charge in [-0.1, -0.05) is 6.08 Å². The molecule has 0 spiro atoms. The lowest BCUT2D eigenvalue weighted by molar-refractivity contribution is -0.127. The predicted octanol–water partition coefficient (Wildman–Crippen LogP) is 2.10.